The van der Waals surface area contributed by atoms with Gasteiger partial charge in [-0.3, -0.25) is 14.5 Å². The Morgan fingerprint density at radius 2 is 1.61 bits per heavy atom. The quantitative estimate of drug-likeness (QED) is 0.440. The van der Waals surface area contributed by atoms with Crippen molar-refractivity contribution < 1.29 is 14.0 Å². The summed E-state index contributed by atoms with van der Waals surface area (Å²) in [6, 6.07) is 11.4. The number of nitrogens with one attached hydrogen (secondary N) is 1. The van der Waals surface area contributed by atoms with E-state index in [1.54, 1.807) is 0 Å². The van der Waals surface area contributed by atoms with Crippen LogP contribution < -0.4 is 5.32 Å². The summed E-state index contributed by atoms with van der Waals surface area (Å²) in [5.41, 5.74) is 3.36. The molecule has 5 nitrogen and oxygen atoms in total. The number of hydrogen-bond acceptors (Lipinski definition) is 3. The maximum absolute atomic E-state index is 13.0. The third-order valence-corrected chi connectivity index (χ3v) is 9.25. The van der Waals surface area contributed by atoms with E-state index >= 15 is 0 Å². The molecular weight excluding hydrogens is 524 g/mol. The summed E-state index contributed by atoms with van der Waals surface area (Å²) >= 11 is 13.9. The molecule has 2 aromatic rings. The third-order valence-electron chi connectivity index (χ3n) is 8.62. The van der Waals surface area contributed by atoms with Gasteiger partial charge in [-0.2, -0.15) is 0 Å². The molecule has 1 saturated carbocycles. The van der Waals surface area contributed by atoms with E-state index in [0.29, 0.717) is 60.8 Å². The molecule has 2 amide bonds. The summed E-state index contributed by atoms with van der Waals surface area (Å²) in [7, 11) is 0. The Labute approximate surface area is 234 Å². The zero-order valence-electron chi connectivity index (χ0n) is 21.7. The Hall–Kier alpha value is -2.15. The summed E-state index contributed by atoms with van der Waals surface area (Å²) < 4.78 is 12.6. The molecule has 38 heavy (non-hydrogen) atoms. The lowest BCUT2D eigenvalue weighted by Crippen LogP contribution is -2.49. The predicted octanol–water partition coefficient (Wildman–Crippen LogP) is 6.19. The summed E-state index contributed by atoms with van der Waals surface area (Å²) in [4.78, 5) is 29.6. The van der Waals surface area contributed by atoms with E-state index in [0.717, 1.165) is 36.0 Å². The number of carbonyl (C=O) groups is 2. The van der Waals surface area contributed by atoms with Gasteiger partial charge in [0.2, 0.25) is 5.91 Å². The molecule has 1 aliphatic carbocycles. The van der Waals surface area contributed by atoms with Crippen LogP contribution in [0.15, 0.2) is 36.4 Å². The molecule has 3 fully saturated rings. The Morgan fingerprint density at radius 3 is 2.18 bits per heavy atom. The molecule has 5 rings (SSSR count). The van der Waals surface area contributed by atoms with Crippen molar-refractivity contribution in [2.75, 3.05) is 45.9 Å². The number of nitrogens with zero attached hydrogens (tertiary/aromatic N) is 2. The minimum Gasteiger partial charge on any atom is -0.356 e. The minimum atomic E-state index is -0.360. The van der Waals surface area contributed by atoms with Crippen LogP contribution in [-0.2, 0) is 4.79 Å². The lowest BCUT2D eigenvalue weighted by molar-refractivity contribution is -0.123. The first-order valence-electron chi connectivity index (χ1n) is 13.9. The number of halogens is 3. The van der Waals surface area contributed by atoms with E-state index in [1.807, 2.05) is 46.2 Å². The van der Waals surface area contributed by atoms with E-state index < -0.39 is 0 Å². The number of rotatable bonds is 7. The lowest BCUT2D eigenvalue weighted by atomic mass is 9.70. The number of carbonyl (C=O) groups excluding carboxylic acids is 2. The van der Waals surface area contributed by atoms with Crippen LogP contribution in [0.4, 0.5) is 4.39 Å². The minimum absolute atomic E-state index is 0.00646. The maximum Gasteiger partial charge on any atom is 0.253 e. The summed E-state index contributed by atoms with van der Waals surface area (Å²) in [6.07, 6.45) is 6.62. The first-order valence-corrected chi connectivity index (χ1v) is 14.7. The monoisotopic (exact) mass is 559 g/mol. The SMILES string of the molecule is O=C1NCCC1C(c1c(Cl)cc(-c2ccc(C(=O)N3CCN(CCF)CC3)cc2)cc1Cl)C1CCCCC1. The molecule has 2 unspecified atom stereocenters. The van der Waals surface area contributed by atoms with Gasteiger partial charge < -0.3 is 10.2 Å². The molecule has 2 aliphatic heterocycles. The third kappa shape index (κ3) is 5.88. The van der Waals surface area contributed by atoms with Crippen molar-refractivity contribution in [1.29, 1.82) is 0 Å². The Kier molecular flexibility index (Phi) is 8.91. The normalized spacial score (nSPS) is 21.9. The van der Waals surface area contributed by atoms with Crippen LogP contribution in [0.2, 0.25) is 10.0 Å². The van der Waals surface area contributed by atoms with Gasteiger partial charge in [0, 0.05) is 66.7 Å². The maximum atomic E-state index is 13.0. The van der Waals surface area contributed by atoms with Crippen molar-refractivity contribution in [3.8, 4) is 11.1 Å². The second kappa shape index (κ2) is 12.4. The molecule has 2 aromatic carbocycles. The molecule has 204 valence electrons. The van der Waals surface area contributed by atoms with Crippen LogP contribution in [-0.4, -0.2) is 67.6 Å². The molecule has 8 heteroatoms. The summed E-state index contributed by atoms with van der Waals surface area (Å²) in [5, 5.41) is 4.22. The second-order valence-corrected chi connectivity index (χ2v) is 11.7. The van der Waals surface area contributed by atoms with Gasteiger partial charge in [-0.1, -0.05) is 54.6 Å². The van der Waals surface area contributed by atoms with Gasteiger partial charge in [0.15, 0.2) is 0 Å². The molecule has 2 atom stereocenters. The first-order chi connectivity index (χ1) is 18.5. The highest BCUT2D eigenvalue weighted by molar-refractivity contribution is 6.36. The van der Waals surface area contributed by atoms with E-state index in [9.17, 15) is 14.0 Å². The molecule has 3 aliphatic rings. The number of amides is 2. The molecular formula is C30H36Cl2FN3O2. The Bertz CT molecular complexity index is 1120. The van der Waals surface area contributed by atoms with Crippen LogP contribution in [0.25, 0.3) is 11.1 Å². The van der Waals surface area contributed by atoms with E-state index in [1.165, 1.54) is 19.3 Å². The molecule has 1 N–H and O–H groups in total. The Morgan fingerprint density at radius 1 is 0.947 bits per heavy atom. The average molecular weight is 561 g/mol. The van der Waals surface area contributed by atoms with Gasteiger partial charge in [-0.05, 0) is 66.1 Å². The van der Waals surface area contributed by atoms with Crippen LogP contribution in [0.3, 0.4) is 0 Å². The van der Waals surface area contributed by atoms with Gasteiger partial charge in [0.05, 0.1) is 0 Å². The fraction of sp³-hybridized carbons (Fsp3) is 0.533. The van der Waals surface area contributed by atoms with Crippen molar-refractivity contribution in [2.45, 2.75) is 44.4 Å². The van der Waals surface area contributed by atoms with Crippen molar-refractivity contribution in [2.24, 2.45) is 11.8 Å². The van der Waals surface area contributed by atoms with Gasteiger partial charge in [-0.15, -0.1) is 0 Å². The first kappa shape index (κ1) is 27.4. The zero-order valence-corrected chi connectivity index (χ0v) is 23.2. The van der Waals surface area contributed by atoms with Gasteiger partial charge in [0.25, 0.3) is 5.91 Å². The number of benzene rings is 2. The molecule has 2 heterocycles. The van der Waals surface area contributed by atoms with E-state index in [2.05, 4.69) is 5.32 Å². The number of alkyl halides is 1. The number of hydrogen-bond donors (Lipinski definition) is 1. The summed E-state index contributed by atoms with van der Waals surface area (Å²) in [5.74, 6) is 0.441. The van der Waals surface area contributed by atoms with Gasteiger partial charge in [-0.25, -0.2) is 4.39 Å². The lowest BCUT2D eigenvalue weighted by Gasteiger charge is -2.35. The van der Waals surface area contributed by atoms with Gasteiger partial charge in [0.1, 0.15) is 6.67 Å². The molecule has 0 bridgehead atoms. The molecule has 2 saturated heterocycles. The molecule has 0 radical (unpaired) electrons. The van der Waals surface area contributed by atoms with Crippen molar-refractivity contribution in [3.05, 3.63) is 57.6 Å². The Balaban J connectivity index is 1.35. The average Bonchev–Trinajstić information content (AvgIpc) is 3.36. The van der Waals surface area contributed by atoms with Crippen LogP contribution in [0.1, 0.15) is 60.4 Å². The highest BCUT2D eigenvalue weighted by atomic mass is 35.5. The largest absolute Gasteiger partial charge is 0.356 e. The second-order valence-electron chi connectivity index (χ2n) is 10.9. The molecule has 0 aromatic heterocycles. The predicted molar refractivity (Wildman–Crippen MR) is 151 cm³/mol. The highest BCUT2D eigenvalue weighted by Crippen LogP contribution is 2.48. The van der Waals surface area contributed by atoms with Crippen molar-refractivity contribution >= 4 is 35.0 Å². The zero-order chi connectivity index (χ0) is 26.6. The standard InChI is InChI=1S/C30H36Cl2FN3O2/c31-25-18-23(20-6-8-22(9-7-20)30(38)36-16-14-35(13-11-33)15-17-36)19-26(32)28(25)27(21-4-2-1-3-5-21)24-10-12-34-29(24)37/h6-9,18-19,21,24,27H,1-5,10-17H2,(H,34,37). The van der Waals surface area contributed by atoms with E-state index in [-0.39, 0.29) is 30.3 Å². The van der Waals surface area contributed by atoms with Crippen LogP contribution in [0, 0.1) is 11.8 Å². The van der Waals surface area contributed by atoms with Crippen LogP contribution in [0.5, 0.6) is 0 Å². The molecule has 0 spiro atoms. The van der Waals surface area contributed by atoms with Crippen molar-refractivity contribution in [3.63, 3.8) is 0 Å². The fourth-order valence-electron chi connectivity index (χ4n) is 6.57. The number of piperazine rings is 1. The smallest absolute Gasteiger partial charge is 0.253 e. The van der Waals surface area contributed by atoms with Gasteiger partial charge >= 0.3 is 0 Å². The van der Waals surface area contributed by atoms with E-state index in [4.69, 9.17) is 23.2 Å². The topological polar surface area (TPSA) is 52.7 Å². The highest BCUT2D eigenvalue weighted by Gasteiger charge is 2.40. The fourth-order valence-corrected chi connectivity index (χ4v) is 7.30. The van der Waals surface area contributed by atoms with Crippen molar-refractivity contribution in [1.82, 2.24) is 15.1 Å². The van der Waals surface area contributed by atoms with Crippen LogP contribution >= 0.6 is 23.2 Å². The summed E-state index contributed by atoms with van der Waals surface area (Å²) in [6.45, 7) is 3.38.